The van der Waals surface area contributed by atoms with Crippen LogP contribution in [0.1, 0.15) is 24.0 Å². The van der Waals surface area contributed by atoms with E-state index < -0.39 is 0 Å². The number of fused-ring (bicyclic) bond motifs is 1. The third-order valence-electron chi connectivity index (χ3n) is 5.58. The largest absolute Gasteiger partial charge is 0.380 e. The van der Waals surface area contributed by atoms with Crippen molar-refractivity contribution in [2.45, 2.75) is 31.3 Å². The number of likely N-dealkylation sites (N-methyl/N-ethyl adjacent to an activating group) is 1. The third-order valence-corrected chi connectivity index (χ3v) is 5.58. The highest BCUT2D eigenvalue weighted by molar-refractivity contribution is 5.78. The molecule has 0 spiro atoms. The first-order chi connectivity index (χ1) is 13.5. The average molecular weight is 386 g/mol. The number of carbonyl (C=O) groups excluding carboxylic acids is 2. The Labute approximate surface area is 166 Å². The minimum Gasteiger partial charge on any atom is -0.380 e. The molecular formula is C21H30N4O3. The number of hydrogen-bond acceptors (Lipinski definition) is 4. The SMILES string of the molecule is C=Cc1ccc2c(c1)CC(CNC(=O)N(C)[C@@H]1CCCN(C(=O)COC)C1)N2. The van der Waals surface area contributed by atoms with E-state index in [0.29, 0.717) is 13.1 Å². The number of anilines is 1. The fraction of sp³-hybridized carbons (Fsp3) is 0.524. The number of piperidine rings is 1. The number of hydrogen-bond donors (Lipinski definition) is 2. The molecule has 0 aliphatic carbocycles. The molecule has 28 heavy (non-hydrogen) atoms. The molecule has 3 amide bonds. The van der Waals surface area contributed by atoms with Gasteiger partial charge in [0.2, 0.25) is 5.91 Å². The summed E-state index contributed by atoms with van der Waals surface area (Å²) >= 11 is 0. The summed E-state index contributed by atoms with van der Waals surface area (Å²) in [6.07, 6.45) is 4.51. The van der Waals surface area contributed by atoms with E-state index in [9.17, 15) is 9.59 Å². The van der Waals surface area contributed by atoms with Crippen LogP contribution in [0, 0.1) is 0 Å². The molecule has 2 atom stereocenters. The number of nitrogens with one attached hydrogen (secondary N) is 2. The third kappa shape index (κ3) is 4.65. The molecular weight excluding hydrogens is 356 g/mol. The smallest absolute Gasteiger partial charge is 0.317 e. The van der Waals surface area contributed by atoms with Gasteiger partial charge in [0, 0.05) is 45.5 Å². The van der Waals surface area contributed by atoms with Gasteiger partial charge in [0.05, 0.1) is 6.04 Å². The molecule has 2 heterocycles. The normalized spacial score (nSPS) is 20.9. The Morgan fingerprint density at radius 2 is 2.29 bits per heavy atom. The molecule has 7 heteroatoms. The highest BCUT2D eigenvalue weighted by Gasteiger charge is 2.29. The van der Waals surface area contributed by atoms with E-state index in [1.54, 1.807) is 16.8 Å². The van der Waals surface area contributed by atoms with Gasteiger partial charge in [-0.3, -0.25) is 4.79 Å². The van der Waals surface area contributed by atoms with Crippen LogP contribution in [0.4, 0.5) is 10.5 Å². The zero-order valence-corrected chi connectivity index (χ0v) is 16.7. The molecule has 1 aromatic carbocycles. The van der Waals surface area contributed by atoms with Crippen molar-refractivity contribution in [1.82, 2.24) is 15.1 Å². The molecule has 1 unspecified atom stereocenters. The Bertz CT molecular complexity index is 736. The minimum atomic E-state index is -0.101. The van der Waals surface area contributed by atoms with Crippen molar-refractivity contribution in [3.8, 4) is 0 Å². The Balaban J connectivity index is 1.48. The summed E-state index contributed by atoms with van der Waals surface area (Å²) in [6, 6.07) is 6.34. The van der Waals surface area contributed by atoms with E-state index in [2.05, 4.69) is 29.3 Å². The number of methoxy groups -OCH3 is 1. The fourth-order valence-corrected chi connectivity index (χ4v) is 3.92. The fourth-order valence-electron chi connectivity index (χ4n) is 3.92. The van der Waals surface area contributed by atoms with Gasteiger partial charge in [-0.1, -0.05) is 18.7 Å². The number of rotatable bonds is 6. The number of urea groups is 1. The number of amides is 3. The lowest BCUT2D eigenvalue weighted by Crippen LogP contribution is -2.53. The highest BCUT2D eigenvalue weighted by Crippen LogP contribution is 2.27. The first kappa shape index (κ1) is 20.2. The molecule has 2 N–H and O–H groups in total. The van der Waals surface area contributed by atoms with Gasteiger partial charge in [-0.05, 0) is 42.5 Å². The first-order valence-electron chi connectivity index (χ1n) is 9.81. The maximum atomic E-state index is 12.6. The molecule has 2 aliphatic rings. The summed E-state index contributed by atoms with van der Waals surface area (Å²) < 4.78 is 4.94. The average Bonchev–Trinajstić information content (AvgIpc) is 3.13. The lowest BCUT2D eigenvalue weighted by molar-refractivity contribution is -0.137. The maximum absolute atomic E-state index is 12.6. The number of likely N-dealkylation sites (tertiary alicyclic amines) is 1. The van der Waals surface area contributed by atoms with Gasteiger partial charge in [-0.2, -0.15) is 0 Å². The predicted octanol–water partition coefficient (Wildman–Crippen LogP) is 1.94. The van der Waals surface area contributed by atoms with Crippen LogP contribution in [0.2, 0.25) is 0 Å². The van der Waals surface area contributed by atoms with Gasteiger partial charge < -0.3 is 25.2 Å². The van der Waals surface area contributed by atoms with Crippen LogP contribution >= 0.6 is 0 Å². The van der Waals surface area contributed by atoms with Crippen molar-refractivity contribution in [3.63, 3.8) is 0 Å². The summed E-state index contributed by atoms with van der Waals surface area (Å²) in [5.41, 5.74) is 3.48. The van der Waals surface area contributed by atoms with Gasteiger partial charge in [0.1, 0.15) is 6.61 Å². The zero-order valence-electron chi connectivity index (χ0n) is 16.7. The van der Waals surface area contributed by atoms with E-state index in [-0.39, 0.29) is 30.6 Å². The predicted molar refractivity (Wildman–Crippen MR) is 110 cm³/mol. The number of nitrogens with zero attached hydrogens (tertiary/aromatic N) is 2. The lowest BCUT2D eigenvalue weighted by Gasteiger charge is -2.37. The second-order valence-electron chi connectivity index (χ2n) is 7.53. The zero-order chi connectivity index (χ0) is 20.1. The molecule has 152 valence electrons. The lowest BCUT2D eigenvalue weighted by atomic mass is 10.0. The Hall–Kier alpha value is -2.54. The van der Waals surface area contributed by atoms with Gasteiger partial charge in [0.25, 0.3) is 0 Å². The first-order valence-corrected chi connectivity index (χ1v) is 9.81. The van der Waals surface area contributed by atoms with Gasteiger partial charge in [0.15, 0.2) is 0 Å². The number of benzene rings is 1. The molecule has 0 saturated carbocycles. The summed E-state index contributed by atoms with van der Waals surface area (Å²) in [5, 5.41) is 6.49. The Kier molecular flexibility index (Phi) is 6.57. The van der Waals surface area contributed by atoms with Crippen molar-refractivity contribution >= 4 is 23.7 Å². The van der Waals surface area contributed by atoms with Gasteiger partial charge in [-0.15, -0.1) is 0 Å². The second-order valence-corrected chi connectivity index (χ2v) is 7.53. The molecule has 1 saturated heterocycles. The number of ether oxygens (including phenoxy) is 1. The maximum Gasteiger partial charge on any atom is 0.317 e. The van der Waals surface area contributed by atoms with Crippen molar-refractivity contribution in [1.29, 1.82) is 0 Å². The van der Waals surface area contributed by atoms with E-state index in [0.717, 1.165) is 37.1 Å². The molecule has 1 aromatic rings. The molecule has 7 nitrogen and oxygen atoms in total. The van der Waals surface area contributed by atoms with Crippen LogP contribution in [0.25, 0.3) is 6.08 Å². The van der Waals surface area contributed by atoms with Crippen LogP contribution in [0.3, 0.4) is 0 Å². The van der Waals surface area contributed by atoms with Crippen molar-refractivity contribution in [2.24, 2.45) is 0 Å². The van der Waals surface area contributed by atoms with Crippen LogP contribution in [-0.4, -0.2) is 74.2 Å². The van der Waals surface area contributed by atoms with Crippen LogP contribution in [0.5, 0.6) is 0 Å². The minimum absolute atomic E-state index is 0.0205. The summed E-state index contributed by atoms with van der Waals surface area (Å²) in [4.78, 5) is 28.2. The molecule has 0 bridgehead atoms. The molecule has 2 aliphatic heterocycles. The van der Waals surface area contributed by atoms with Crippen LogP contribution in [0.15, 0.2) is 24.8 Å². The van der Waals surface area contributed by atoms with E-state index >= 15 is 0 Å². The molecule has 0 aromatic heterocycles. The van der Waals surface area contributed by atoms with Gasteiger partial charge in [-0.25, -0.2) is 4.79 Å². The topological polar surface area (TPSA) is 73.9 Å². The van der Waals surface area contributed by atoms with Crippen molar-refractivity contribution < 1.29 is 14.3 Å². The van der Waals surface area contributed by atoms with Crippen LogP contribution in [-0.2, 0) is 16.0 Å². The second kappa shape index (κ2) is 9.10. The monoisotopic (exact) mass is 386 g/mol. The van der Waals surface area contributed by atoms with Crippen molar-refractivity contribution in [3.05, 3.63) is 35.9 Å². The molecule has 3 rings (SSSR count). The summed E-state index contributed by atoms with van der Waals surface area (Å²) in [7, 11) is 3.32. The van der Waals surface area contributed by atoms with Crippen molar-refractivity contribution in [2.75, 3.05) is 45.7 Å². The molecule has 0 radical (unpaired) electrons. The standard InChI is InChI=1S/C21H30N4O3/c1-4-15-7-8-19-16(10-15)11-17(23-19)12-22-21(27)24(2)18-6-5-9-25(13-18)20(26)14-28-3/h4,7-8,10,17-18,23H,1,5-6,9,11-14H2,2-3H3,(H,22,27)/t17?,18-/m1/s1. The quantitative estimate of drug-likeness (QED) is 0.784. The highest BCUT2D eigenvalue weighted by atomic mass is 16.5. The van der Waals surface area contributed by atoms with Gasteiger partial charge >= 0.3 is 6.03 Å². The van der Waals surface area contributed by atoms with Crippen LogP contribution < -0.4 is 10.6 Å². The van der Waals surface area contributed by atoms with E-state index in [1.807, 2.05) is 12.1 Å². The Morgan fingerprint density at radius 1 is 1.46 bits per heavy atom. The Morgan fingerprint density at radius 3 is 3.04 bits per heavy atom. The summed E-state index contributed by atoms with van der Waals surface area (Å²) in [5.74, 6) is -0.0205. The molecule has 1 fully saturated rings. The number of carbonyl (C=O) groups is 2. The van der Waals surface area contributed by atoms with E-state index in [4.69, 9.17) is 4.74 Å². The van der Waals surface area contributed by atoms with E-state index in [1.165, 1.54) is 12.7 Å². The summed E-state index contributed by atoms with van der Waals surface area (Å²) in [6.45, 7) is 5.74.